The van der Waals surface area contributed by atoms with E-state index in [1.54, 1.807) is 24.1 Å². The van der Waals surface area contributed by atoms with E-state index in [9.17, 15) is 9.18 Å². The maximum absolute atomic E-state index is 13.4. The largest absolute Gasteiger partial charge is 0.341 e. The Morgan fingerprint density at radius 1 is 1.44 bits per heavy atom. The first-order valence-corrected chi connectivity index (χ1v) is 7.07. The first-order valence-electron chi connectivity index (χ1n) is 6.28. The van der Waals surface area contributed by atoms with Gasteiger partial charge >= 0.3 is 0 Å². The van der Waals surface area contributed by atoms with E-state index < -0.39 is 5.82 Å². The Bertz CT molecular complexity index is 443. The van der Waals surface area contributed by atoms with Gasteiger partial charge in [-0.25, -0.2) is 4.39 Å². The Kier molecular flexibility index (Phi) is 4.38. The molecule has 4 heteroatoms. The van der Waals surface area contributed by atoms with Crippen LogP contribution in [0, 0.1) is 11.7 Å². The van der Waals surface area contributed by atoms with Gasteiger partial charge in [-0.2, -0.15) is 0 Å². The van der Waals surface area contributed by atoms with Crippen molar-refractivity contribution < 1.29 is 9.18 Å². The minimum absolute atomic E-state index is 0.103. The molecule has 0 aromatic heterocycles. The summed E-state index contributed by atoms with van der Waals surface area (Å²) in [5.41, 5.74) is 0.413. The second kappa shape index (κ2) is 5.83. The van der Waals surface area contributed by atoms with Crippen molar-refractivity contribution in [1.29, 1.82) is 0 Å². The smallest absolute Gasteiger partial charge is 0.253 e. The van der Waals surface area contributed by atoms with Gasteiger partial charge in [-0.05, 0) is 52.9 Å². The van der Waals surface area contributed by atoms with E-state index in [1.165, 1.54) is 31.7 Å². The number of carbonyl (C=O) groups excluding carboxylic acids is 1. The van der Waals surface area contributed by atoms with Crippen molar-refractivity contribution in [3.63, 3.8) is 0 Å². The molecule has 2 rings (SSSR count). The van der Waals surface area contributed by atoms with Crippen molar-refractivity contribution in [3.05, 3.63) is 34.1 Å². The van der Waals surface area contributed by atoms with Gasteiger partial charge in [0.15, 0.2) is 0 Å². The molecule has 0 aliphatic heterocycles. The maximum atomic E-state index is 13.4. The highest BCUT2D eigenvalue weighted by molar-refractivity contribution is 9.10. The van der Waals surface area contributed by atoms with Gasteiger partial charge in [0, 0.05) is 19.2 Å². The zero-order chi connectivity index (χ0) is 13.1. The van der Waals surface area contributed by atoms with Gasteiger partial charge in [-0.15, -0.1) is 0 Å². The van der Waals surface area contributed by atoms with E-state index in [-0.39, 0.29) is 5.91 Å². The first-order chi connectivity index (χ1) is 8.58. The van der Waals surface area contributed by atoms with Crippen LogP contribution in [0.2, 0.25) is 0 Å². The minimum atomic E-state index is -0.393. The van der Waals surface area contributed by atoms with Crippen molar-refractivity contribution >= 4 is 21.8 Å². The van der Waals surface area contributed by atoms with Crippen LogP contribution < -0.4 is 0 Å². The summed E-state index contributed by atoms with van der Waals surface area (Å²) in [6.45, 7) is 0.774. The Morgan fingerprint density at radius 2 is 2.11 bits per heavy atom. The lowest BCUT2D eigenvalue weighted by Crippen LogP contribution is -2.31. The summed E-state index contributed by atoms with van der Waals surface area (Å²) in [5, 5.41) is 0. The number of rotatable bonds is 3. The SMILES string of the molecule is CN(CC1CCCC1)C(=O)c1ccc(Br)c(F)c1. The fourth-order valence-electron chi connectivity index (χ4n) is 2.51. The fourth-order valence-corrected chi connectivity index (χ4v) is 2.76. The molecular weight excluding hydrogens is 297 g/mol. The van der Waals surface area contributed by atoms with Crippen LogP contribution >= 0.6 is 15.9 Å². The van der Waals surface area contributed by atoms with Crippen LogP contribution in [0.15, 0.2) is 22.7 Å². The molecule has 1 aromatic rings. The lowest BCUT2D eigenvalue weighted by molar-refractivity contribution is 0.0773. The van der Waals surface area contributed by atoms with Crippen LogP contribution in [-0.4, -0.2) is 24.4 Å². The Balaban J connectivity index is 2.02. The molecule has 0 spiro atoms. The van der Waals surface area contributed by atoms with E-state index >= 15 is 0 Å². The molecule has 98 valence electrons. The highest BCUT2D eigenvalue weighted by Gasteiger charge is 2.20. The number of halogens is 2. The maximum Gasteiger partial charge on any atom is 0.253 e. The van der Waals surface area contributed by atoms with E-state index in [0.29, 0.717) is 16.0 Å². The molecule has 0 atom stereocenters. The van der Waals surface area contributed by atoms with Gasteiger partial charge in [-0.3, -0.25) is 4.79 Å². The number of hydrogen-bond donors (Lipinski definition) is 0. The average molecular weight is 314 g/mol. The molecule has 0 N–H and O–H groups in total. The van der Waals surface area contributed by atoms with Crippen LogP contribution in [0.1, 0.15) is 36.0 Å². The predicted molar refractivity (Wildman–Crippen MR) is 73.0 cm³/mol. The molecule has 1 saturated carbocycles. The lowest BCUT2D eigenvalue weighted by atomic mass is 10.1. The van der Waals surface area contributed by atoms with Crippen molar-refractivity contribution in [2.24, 2.45) is 5.92 Å². The average Bonchev–Trinajstić information content (AvgIpc) is 2.84. The number of carbonyl (C=O) groups is 1. The summed E-state index contributed by atoms with van der Waals surface area (Å²) in [6, 6.07) is 4.52. The third-order valence-corrected chi connectivity index (χ3v) is 4.16. The zero-order valence-corrected chi connectivity index (χ0v) is 12.0. The van der Waals surface area contributed by atoms with Gasteiger partial charge in [0.2, 0.25) is 0 Å². The highest BCUT2D eigenvalue weighted by atomic mass is 79.9. The van der Waals surface area contributed by atoms with E-state index in [4.69, 9.17) is 0 Å². The molecule has 18 heavy (non-hydrogen) atoms. The Labute approximate surface area is 115 Å². The molecule has 1 aromatic carbocycles. The Morgan fingerprint density at radius 3 is 2.72 bits per heavy atom. The van der Waals surface area contributed by atoms with E-state index in [0.717, 1.165) is 6.54 Å². The van der Waals surface area contributed by atoms with Crippen molar-refractivity contribution in [2.75, 3.05) is 13.6 Å². The summed E-state index contributed by atoms with van der Waals surface area (Å²) < 4.78 is 13.8. The van der Waals surface area contributed by atoms with Gasteiger partial charge in [-0.1, -0.05) is 12.8 Å². The quantitative estimate of drug-likeness (QED) is 0.830. The molecule has 0 saturated heterocycles. The minimum Gasteiger partial charge on any atom is -0.341 e. The fraction of sp³-hybridized carbons (Fsp3) is 0.500. The van der Waals surface area contributed by atoms with Gasteiger partial charge in [0.25, 0.3) is 5.91 Å². The third kappa shape index (κ3) is 3.10. The van der Waals surface area contributed by atoms with Crippen molar-refractivity contribution in [1.82, 2.24) is 4.90 Å². The summed E-state index contributed by atoms with van der Waals surface area (Å²) in [4.78, 5) is 13.8. The third-order valence-electron chi connectivity index (χ3n) is 3.52. The molecule has 0 radical (unpaired) electrons. The van der Waals surface area contributed by atoms with Gasteiger partial charge in [0.1, 0.15) is 5.82 Å². The summed E-state index contributed by atoms with van der Waals surface area (Å²) >= 11 is 3.09. The topological polar surface area (TPSA) is 20.3 Å². The number of amides is 1. The number of benzene rings is 1. The van der Waals surface area contributed by atoms with Crippen LogP contribution in [0.3, 0.4) is 0 Å². The van der Waals surface area contributed by atoms with Crippen LogP contribution in [0.5, 0.6) is 0 Å². The van der Waals surface area contributed by atoms with Crippen molar-refractivity contribution in [3.8, 4) is 0 Å². The number of hydrogen-bond acceptors (Lipinski definition) is 1. The molecule has 1 aliphatic carbocycles. The molecule has 0 heterocycles. The van der Waals surface area contributed by atoms with Crippen molar-refractivity contribution in [2.45, 2.75) is 25.7 Å². The summed E-state index contributed by atoms with van der Waals surface area (Å²) in [7, 11) is 1.79. The number of nitrogens with zero attached hydrogens (tertiary/aromatic N) is 1. The molecule has 1 amide bonds. The molecule has 1 aliphatic rings. The first kappa shape index (κ1) is 13.5. The molecule has 1 fully saturated rings. The molecule has 2 nitrogen and oxygen atoms in total. The molecule has 0 unspecified atom stereocenters. The second-order valence-corrected chi connectivity index (χ2v) is 5.82. The molecular formula is C14H17BrFNO. The molecule has 0 bridgehead atoms. The normalized spacial score (nSPS) is 15.9. The van der Waals surface area contributed by atoms with Gasteiger partial charge < -0.3 is 4.90 Å². The monoisotopic (exact) mass is 313 g/mol. The second-order valence-electron chi connectivity index (χ2n) is 4.97. The van der Waals surface area contributed by atoms with Crippen LogP contribution in [0.4, 0.5) is 4.39 Å². The van der Waals surface area contributed by atoms with Crippen LogP contribution in [-0.2, 0) is 0 Å². The zero-order valence-electron chi connectivity index (χ0n) is 10.5. The van der Waals surface area contributed by atoms with E-state index in [1.807, 2.05) is 0 Å². The summed E-state index contributed by atoms with van der Waals surface area (Å²) in [5.74, 6) is 0.114. The Hall–Kier alpha value is -0.900. The lowest BCUT2D eigenvalue weighted by Gasteiger charge is -2.21. The highest BCUT2D eigenvalue weighted by Crippen LogP contribution is 2.25. The predicted octanol–water partition coefficient (Wildman–Crippen LogP) is 3.85. The van der Waals surface area contributed by atoms with Gasteiger partial charge in [0.05, 0.1) is 4.47 Å². The standard InChI is InChI=1S/C14H17BrFNO/c1-17(9-10-4-2-3-5-10)14(18)11-6-7-12(15)13(16)8-11/h6-8,10H,2-5,9H2,1H3. The van der Waals surface area contributed by atoms with Crippen LogP contribution in [0.25, 0.3) is 0 Å². The summed E-state index contributed by atoms with van der Waals surface area (Å²) in [6.07, 6.45) is 4.93. The van der Waals surface area contributed by atoms with E-state index in [2.05, 4.69) is 15.9 Å².